The van der Waals surface area contributed by atoms with Gasteiger partial charge in [-0.05, 0) is 53.0 Å². The highest BCUT2D eigenvalue weighted by molar-refractivity contribution is 5.85. The summed E-state index contributed by atoms with van der Waals surface area (Å²) in [6.07, 6.45) is 2.29. The number of hydrogen-bond donors (Lipinski definition) is 2. The number of hydrogen-bond acceptors (Lipinski definition) is 6. The van der Waals surface area contributed by atoms with Crippen molar-refractivity contribution in [2.75, 3.05) is 7.11 Å². The van der Waals surface area contributed by atoms with Gasteiger partial charge in [-0.25, -0.2) is 4.79 Å². The standard InChI is InChI=1S/C32H44N2O6/c1-21(2)18-27(25-13-15-26(16-14-25)40-22(3)35)33-29(36)17-12-23-8-10-24(11-9-23)19-28(31(38)39-7)34-30(37)20-32(4,5)6/h8-11,13-16,21,27-28H,12,17-20H2,1-7H3,(H,33,36)(H,34,37)/t27?,28-/m0/s1. The number of carbonyl (C=O) groups excluding carboxylic acids is 4. The molecule has 2 amide bonds. The summed E-state index contributed by atoms with van der Waals surface area (Å²) in [5.74, 6) is -0.260. The van der Waals surface area contributed by atoms with Crippen LogP contribution in [0, 0.1) is 11.3 Å². The van der Waals surface area contributed by atoms with E-state index in [4.69, 9.17) is 9.47 Å². The quantitative estimate of drug-likeness (QED) is 0.265. The molecule has 0 spiro atoms. The minimum atomic E-state index is -0.766. The van der Waals surface area contributed by atoms with Crippen LogP contribution in [0.1, 0.15) is 83.5 Å². The van der Waals surface area contributed by atoms with Crippen LogP contribution in [0.25, 0.3) is 0 Å². The van der Waals surface area contributed by atoms with Gasteiger partial charge in [0.05, 0.1) is 13.2 Å². The van der Waals surface area contributed by atoms with Crippen LogP contribution >= 0.6 is 0 Å². The number of benzene rings is 2. The molecule has 2 N–H and O–H groups in total. The highest BCUT2D eigenvalue weighted by Gasteiger charge is 2.24. The molecule has 0 aromatic heterocycles. The maximum absolute atomic E-state index is 12.8. The Morgan fingerprint density at radius 2 is 1.45 bits per heavy atom. The van der Waals surface area contributed by atoms with Gasteiger partial charge in [0, 0.05) is 26.2 Å². The number of esters is 2. The Kier molecular flexibility index (Phi) is 12.4. The van der Waals surface area contributed by atoms with Crippen LogP contribution in [-0.4, -0.2) is 36.9 Å². The molecule has 0 fully saturated rings. The fourth-order valence-electron chi connectivity index (χ4n) is 4.35. The molecule has 0 bridgehead atoms. The van der Waals surface area contributed by atoms with E-state index in [2.05, 4.69) is 24.5 Å². The van der Waals surface area contributed by atoms with Gasteiger partial charge in [-0.15, -0.1) is 0 Å². The van der Waals surface area contributed by atoms with E-state index in [-0.39, 0.29) is 29.2 Å². The lowest BCUT2D eigenvalue weighted by atomic mass is 9.91. The van der Waals surface area contributed by atoms with E-state index < -0.39 is 12.0 Å². The summed E-state index contributed by atoms with van der Waals surface area (Å²) in [5.41, 5.74) is 2.64. The number of ether oxygens (including phenoxy) is 2. The predicted molar refractivity (Wildman–Crippen MR) is 155 cm³/mol. The molecule has 8 nitrogen and oxygen atoms in total. The third kappa shape index (κ3) is 12.0. The predicted octanol–water partition coefficient (Wildman–Crippen LogP) is 5.08. The first kappa shape index (κ1) is 32.5. The maximum Gasteiger partial charge on any atom is 0.328 e. The van der Waals surface area contributed by atoms with Crippen molar-refractivity contribution in [3.63, 3.8) is 0 Å². The van der Waals surface area contributed by atoms with Crippen molar-refractivity contribution in [1.29, 1.82) is 0 Å². The highest BCUT2D eigenvalue weighted by atomic mass is 16.5. The lowest BCUT2D eigenvalue weighted by Crippen LogP contribution is -2.44. The number of rotatable bonds is 13. The number of amides is 2. The molecular formula is C32H44N2O6. The van der Waals surface area contributed by atoms with Crippen LogP contribution in [-0.2, 0) is 36.8 Å². The summed E-state index contributed by atoms with van der Waals surface area (Å²) in [4.78, 5) is 48.7. The topological polar surface area (TPSA) is 111 Å². The van der Waals surface area contributed by atoms with Crippen molar-refractivity contribution >= 4 is 23.8 Å². The zero-order valence-electron chi connectivity index (χ0n) is 24.8. The Morgan fingerprint density at radius 3 is 1.98 bits per heavy atom. The Labute approximate surface area is 238 Å². The first-order valence-electron chi connectivity index (χ1n) is 13.8. The second-order valence-corrected chi connectivity index (χ2v) is 11.8. The summed E-state index contributed by atoms with van der Waals surface area (Å²) in [5, 5.41) is 5.94. The molecule has 0 aliphatic heterocycles. The van der Waals surface area contributed by atoms with E-state index in [0.29, 0.717) is 37.4 Å². The van der Waals surface area contributed by atoms with Gasteiger partial charge in [-0.3, -0.25) is 14.4 Å². The van der Waals surface area contributed by atoms with Gasteiger partial charge in [0.15, 0.2) is 0 Å². The van der Waals surface area contributed by atoms with Gasteiger partial charge in [-0.2, -0.15) is 0 Å². The number of carbonyl (C=O) groups is 4. The first-order valence-corrected chi connectivity index (χ1v) is 13.8. The van der Waals surface area contributed by atoms with Crippen molar-refractivity contribution in [2.24, 2.45) is 11.3 Å². The van der Waals surface area contributed by atoms with Crippen LogP contribution in [0.5, 0.6) is 5.75 Å². The first-order chi connectivity index (χ1) is 18.8. The molecule has 2 aromatic carbocycles. The molecule has 0 radical (unpaired) electrons. The average Bonchev–Trinajstić information content (AvgIpc) is 2.85. The summed E-state index contributed by atoms with van der Waals surface area (Å²) >= 11 is 0. The minimum Gasteiger partial charge on any atom is -0.467 e. The molecule has 0 saturated heterocycles. The molecule has 0 heterocycles. The highest BCUT2D eigenvalue weighted by Crippen LogP contribution is 2.24. The van der Waals surface area contributed by atoms with Gasteiger partial charge in [0.25, 0.3) is 0 Å². The Morgan fingerprint density at radius 1 is 0.850 bits per heavy atom. The summed E-state index contributed by atoms with van der Waals surface area (Å²) in [6, 6.07) is 14.0. The SMILES string of the molecule is COC(=O)[C@H](Cc1ccc(CCC(=O)NC(CC(C)C)c2ccc(OC(C)=O)cc2)cc1)NC(=O)CC(C)(C)C. The van der Waals surface area contributed by atoms with E-state index in [1.165, 1.54) is 14.0 Å². The van der Waals surface area contributed by atoms with Crippen molar-refractivity contribution in [2.45, 2.75) is 85.7 Å². The molecule has 0 aliphatic rings. The molecule has 218 valence electrons. The second kappa shape index (κ2) is 15.2. The van der Waals surface area contributed by atoms with Crippen LogP contribution < -0.4 is 15.4 Å². The van der Waals surface area contributed by atoms with Gasteiger partial charge < -0.3 is 20.1 Å². The van der Waals surface area contributed by atoms with E-state index >= 15 is 0 Å². The molecule has 2 atom stereocenters. The van der Waals surface area contributed by atoms with Gasteiger partial charge in [0.1, 0.15) is 11.8 Å². The van der Waals surface area contributed by atoms with Gasteiger partial charge >= 0.3 is 11.9 Å². The summed E-state index contributed by atoms with van der Waals surface area (Å²) in [7, 11) is 1.31. The van der Waals surface area contributed by atoms with Crippen molar-refractivity contribution < 1.29 is 28.7 Å². The number of nitrogens with one attached hydrogen (secondary N) is 2. The Hall–Kier alpha value is -3.68. The van der Waals surface area contributed by atoms with E-state index in [0.717, 1.165) is 23.1 Å². The van der Waals surface area contributed by atoms with E-state index in [1.807, 2.05) is 57.2 Å². The molecule has 40 heavy (non-hydrogen) atoms. The molecule has 2 rings (SSSR count). The van der Waals surface area contributed by atoms with Crippen LogP contribution in [0.2, 0.25) is 0 Å². The Balaban J connectivity index is 1.96. The summed E-state index contributed by atoms with van der Waals surface area (Å²) < 4.78 is 10.0. The molecule has 0 aliphatic carbocycles. The molecule has 8 heteroatoms. The Bertz CT molecular complexity index is 1130. The third-order valence-corrected chi connectivity index (χ3v) is 6.20. The van der Waals surface area contributed by atoms with Crippen molar-refractivity contribution in [3.8, 4) is 5.75 Å². The van der Waals surface area contributed by atoms with Crippen LogP contribution in [0.3, 0.4) is 0 Å². The lowest BCUT2D eigenvalue weighted by molar-refractivity contribution is -0.145. The lowest BCUT2D eigenvalue weighted by Gasteiger charge is -2.22. The normalized spacial score (nSPS) is 12.8. The molecule has 1 unspecified atom stereocenters. The zero-order chi connectivity index (χ0) is 29.9. The van der Waals surface area contributed by atoms with E-state index in [9.17, 15) is 19.2 Å². The molecule has 0 saturated carbocycles. The van der Waals surface area contributed by atoms with Gasteiger partial charge in [-0.1, -0.05) is 71.0 Å². The average molecular weight is 553 g/mol. The number of methoxy groups -OCH3 is 1. The summed E-state index contributed by atoms with van der Waals surface area (Å²) in [6.45, 7) is 11.5. The molecular weight excluding hydrogens is 508 g/mol. The monoisotopic (exact) mass is 552 g/mol. The fourth-order valence-corrected chi connectivity index (χ4v) is 4.35. The van der Waals surface area contributed by atoms with Gasteiger partial charge in [0.2, 0.25) is 11.8 Å². The fraction of sp³-hybridized carbons (Fsp3) is 0.500. The van der Waals surface area contributed by atoms with E-state index in [1.54, 1.807) is 12.1 Å². The van der Waals surface area contributed by atoms with Crippen molar-refractivity contribution in [3.05, 3.63) is 65.2 Å². The largest absolute Gasteiger partial charge is 0.467 e. The van der Waals surface area contributed by atoms with Crippen LogP contribution in [0.15, 0.2) is 48.5 Å². The maximum atomic E-state index is 12.8. The zero-order valence-corrected chi connectivity index (χ0v) is 24.8. The second-order valence-electron chi connectivity index (χ2n) is 11.8. The third-order valence-electron chi connectivity index (χ3n) is 6.20. The smallest absolute Gasteiger partial charge is 0.328 e. The minimum absolute atomic E-state index is 0.0499. The molecule has 2 aromatic rings. The van der Waals surface area contributed by atoms with Crippen LogP contribution in [0.4, 0.5) is 0 Å². The number of aryl methyl sites for hydroxylation is 1. The van der Waals surface area contributed by atoms with Crippen molar-refractivity contribution in [1.82, 2.24) is 10.6 Å².